The molecule has 76 valence electrons. The minimum absolute atomic E-state index is 0.341. The molecule has 2 nitrogen and oxygen atoms in total. The molecule has 2 rings (SSSR count). The summed E-state index contributed by atoms with van der Waals surface area (Å²) in [6.07, 6.45) is 3.87. The molecule has 0 bridgehead atoms. The Balaban J connectivity index is 2.54. The number of aryl methyl sites for hydroxylation is 1. The maximum Gasteiger partial charge on any atom is 0.164 e. The van der Waals surface area contributed by atoms with Crippen molar-refractivity contribution in [2.24, 2.45) is 0 Å². The lowest BCUT2D eigenvalue weighted by Crippen LogP contribution is -2.13. The predicted molar refractivity (Wildman–Crippen MR) is 56.8 cm³/mol. The maximum absolute atomic E-state index is 11.7. The standard InChI is InChI=1S/C12H17NO/c1-3-9-8-10-11(13(9)4-2)6-5-7-12(10)14/h8H,3-7H2,1-2H3. The molecule has 0 saturated carbocycles. The Bertz CT molecular complexity index is 363. The SMILES string of the molecule is CCc1cc2c(n1CC)CCCC2=O. The zero-order valence-electron chi connectivity index (χ0n) is 8.97. The van der Waals surface area contributed by atoms with E-state index in [0.29, 0.717) is 5.78 Å². The lowest BCUT2D eigenvalue weighted by Gasteiger charge is -2.14. The molecule has 1 aromatic heterocycles. The second-order valence-electron chi connectivity index (χ2n) is 3.87. The lowest BCUT2D eigenvalue weighted by molar-refractivity contribution is 0.0972. The Kier molecular flexibility index (Phi) is 2.44. The fraction of sp³-hybridized carbons (Fsp3) is 0.583. The first kappa shape index (κ1) is 9.50. The fourth-order valence-corrected chi connectivity index (χ4v) is 2.40. The van der Waals surface area contributed by atoms with Gasteiger partial charge < -0.3 is 4.57 Å². The van der Waals surface area contributed by atoms with Crippen LogP contribution in [0.1, 0.15) is 48.4 Å². The average molecular weight is 191 g/mol. The summed E-state index contributed by atoms with van der Waals surface area (Å²) in [5.74, 6) is 0.341. The van der Waals surface area contributed by atoms with Crippen LogP contribution in [0.2, 0.25) is 0 Å². The summed E-state index contributed by atoms with van der Waals surface area (Å²) in [4.78, 5) is 11.7. The molecule has 1 aliphatic carbocycles. The molecule has 0 aliphatic heterocycles. The van der Waals surface area contributed by atoms with E-state index in [1.807, 2.05) is 0 Å². The van der Waals surface area contributed by atoms with Crippen LogP contribution in [-0.2, 0) is 19.4 Å². The highest BCUT2D eigenvalue weighted by atomic mass is 16.1. The van der Waals surface area contributed by atoms with Gasteiger partial charge >= 0.3 is 0 Å². The van der Waals surface area contributed by atoms with Gasteiger partial charge in [0.2, 0.25) is 0 Å². The molecule has 0 fully saturated rings. The average Bonchev–Trinajstić information content (AvgIpc) is 2.57. The van der Waals surface area contributed by atoms with Gasteiger partial charge in [-0.25, -0.2) is 0 Å². The third-order valence-corrected chi connectivity index (χ3v) is 3.09. The van der Waals surface area contributed by atoms with Crippen molar-refractivity contribution in [3.8, 4) is 0 Å². The van der Waals surface area contributed by atoms with E-state index < -0.39 is 0 Å². The number of ketones is 1. The first-order valence-electron chi connectivity index (χ1n) is 5.52. The molecule has 0 spiro atoms. The summed E-state index contributed by atoms with van der Waals surface area (Å²) in [6, 6.07) is 2.10. The van der Waals surface area contributed by atoms with Gasteiger partial charge in [0.1, 0.15) is 0 Å². The van der Waals surface area contributed by atoms with Crippen LogP contribution in [-0.4, -0.2) is 10.4 Å². The Hall–Kier alpha value is -1.05. The van der Waals surface area contributed by atoms with E-state index in [1.54, 1.807) is 0 Å². The summed E-state index contributed by atoms with van der Waals surface area (Å²) in [5, 5.41) is 0. The van der Waals surface area contributed by atoms with Gasteiger partial charge in [-0.3, -0.25) is 4.79 Å². The van der Waals surface area contributed by atoms with Crippen molar-refractivity contribution < 1.29 is 4.79 Å². The molecular formula is C12H17NO. The van der Waals surface area contributed by atoms with Gasteiger partial charge in [0.15, 0.2) is 5.78 Å². The highest BCUT2D eigenvalue weighted by Crippen LogP contribution is 2.25. The molecule has 0 aromatic carbocycles. The second-order valence-corrected chi connectivity index (χ2v) is 3.87. The Morgan fingerprint density at radius 1 is 1.36 bits per heavy atom. The maximum atomic E-state index is 11.7. The van der Waals surface area contributed by atoms with Crippen molar-refractivity contribution >= 4 is 5.78 Å². The molecule has 0 atom stereocenters. The molecule has 1 aliphatic rings. The number of carbonyl (C=O) groups excluding carboxylic acids is 1. The van der Waals surface area contributed by atoms with E-state index in [2.05, 4.69) is 24.5 Å². The summed E-state index contributed by atoms with van der Waals surface area (Å²) < 4.78 is 2.31. The van der Waals surface area contributed by atoms with Crippen molar-refractivity contribution in [3.05, 3.63) is 23.0 Å². The van der Waals surface area contributed by atoms with E-state index in [9.17, 15) is 4.79 Å². The van der Waals surface area contributed by atoms with Gasteiger partial charge in [0.25, 0.3) is 0 Å². The smallest absolute Gasteiger partial charge is 0.164 e. The van der Waals surface area contributed by atoms with Crippen molar-refractivity contribution in [3.63, 3.8) is 0 Å². The van der Waals surface area contributed by atoms with Gasteiger partial charge in [-0.05, 0) is 32.3 Å². The van der Waals surface area contributed by atoms with Crippen molar-refractivity contribution in [1.29, 1.82) is 0 Å². The van der Waals surface area contributed by atoms with E-state index in [1.165, 1.54) is 11.4 Å². The van der Waals surface area contributed by atoms with Crippen molar-refractivity contribution in [2.45, 2.75) is 46.1 Å². The van der Waals surface area contributed by atoms with E-state index in [4.69, 9.17) is 0 Å². The van der Waals surface area contributed by atoms with Crippen LogP contribution in [0.5, 0.6) is 0 Å². The first-order valence-corrected chi connectivity index (χ1v) is 5.52. The lowest BCUT2D eigenvalue weighted by atomic mass is 9.96. The molecule has 1 aromatic rings. The number of fused-ring (bicyclic) bond motifs is 1. The number of carbonyl (C=O) groups is 1. The summed E-state index contributed by atoms with van der Waals surface area (Å²) in [5.41, 5.74) is 3.59. The topological polar surface area (TPSA) is 22.0 Å². The Labute approximate surface area is 84.9 Å². The number of rotatable bonds is 2. The minimum atomic E-state index is 0.341. The number of aromatic nitrogens is 1. The zero-order valence-corrected chi connectivity index (χ0v) is 8.97. The second kappa shape index (κ2) is 3.60. The van der Waals surface area contributed by atoms with Gasteiger partial charge in [-0.2, -0.15) is 0 Å². The summed E-state index contributed by atoms with van der Waals surface area (Å²) in [7, 11) is 0. The minimum Gasteiger partial charge on any atom is -0.348 e. The van der Waals surface area contributed by atoms with Crippen LogP contribution < -0.4 is 0 Å². The van der Waals surface area contributed by atoms with Crippen LogP contribution in [0.4, 0.5) is 0 Å². The molecule has 14 heavy (non-hydrogen) atoms. The Morgan fingerprint density at radius 2 is 2.14 bits per heavy atom. The zero-order chi connectivity index (χ0) is 10.1. The molecule has 0 N–H and O–H groups in total. The number of Topliss-reactive ketones (excluding diaryl/α,β-unsaturated/α-hetero) is 1. The fourth-order valence-electron chi connectivity index (χ4n) is 2.40. The monoisotopic (exact) mass is 191 g/mol. The molecular weight excluding hydrogens is 174 g/mol. The van der Waals surface area contributed by atoms with Crippen LogP contribution in [0.25, 0.3) is 0 Å². The summed E-state index contributed by atoms with van der Waals surface area (Å²) in [6.45, 7) is 5.29. The van der Waals surface area contributed by atoms with E-state index in [-0.39, 0.29) is 0 Å². The highest BCUT2D eigenvalue weighted by Gasteiger charge is 2.22. The molecule has 1 heterocycles. The Morgan fingerprint density at radius 3 is 2.79 bits per heavy atom. The predicted octanol–water partition coefficient (Wildman–Crippen LogP) is 2.59. The van der Waals surface area contributed by atoms with Crippen LogP contribution in [0, 0.1) is 0 Å². The largest absolute Gasteiger partial charge is 0.348 e. The molecule has 0 radical (unpaired) electrons. The van der Waals surface area contributed by atoms with Crippen LogP contribution in [0.3, 0.4) is 0 Å². The van der Waals surface area contributed by atoms with Crippen LogP contribution >= 0.6 is 0 Å². The normalized spacial score (nSPS) is 15.7. The van der Waals surface area contributed by atoms with Gasteiger partial charge in [0, 0.05) is 29.9 Å². The quantitative estimate of drug-likeness (QED) is 0.704. The van der Waals surface area contributed by atoms with Crippen molar-refractivity contribution in [2.75, 3.05) is 0 Å². The number of hydrogen-bond acceptors (Lipinski definition) is 1. The number of nitrogens with zero attached hydrogens (tertiary/aromatic N) is 1. The third kappa shape index (κ3) is 1.29. The van der Waals surface area contributed by atoms with Gasteiger partial charge in [-0.1, -0.05) is 6.92 Å². The number of hydrogen-bond donors (Lipinski definition) is 0. The molecule has 0 unspecified atom stereocenters. The van der Waals surface area contributed by atoms with Crippen molar-refractivity contribution in [1.82, 2.24) is 4.57 Å². The molecule has 0 saturated heterocycles. The van der Waals surface area contributed by atoms with Gasteiger partial charge in [-0.15, -0.1) is 0 Å². The molecule has 0 amide bonds. The van der Waals surface area contributed by atoms with Gasteiger partial charge in [0.05, 0.1) is 0 Å². The molecule has 2 heteroatoms. The first-order chi connectivity index (χ1) is 6.77. The van der Waals surface area contributed by atoms with Crippen LogP contribution in [0.15, 0.2) is 6.07 Å². The van der Waals surface area contributed by atoms with E-state index in [0.717, 1.165) is 37.8 Å². The summed E-state index contributed by atoms with van der Waals surface area (Å²) >= 11 is 0. The third-order valence-electron chi connectivity index (χ3n) is 3.09. The highest BCUT2D eigenvalue weighted by molar-refractivity contribution is 5.98. The van der Waals surface area contributed by atoms with E-state index >= 15 is 0 Å².